The number of nitrogens with one attached hydrogen (secondary N) is 1. The largest absolute Gasteiger partial charge is 1.00 e. The Kier molecular flexibility index (Phi) is 8.95. The zero-order valence-electron chi connectivity index (χ0n) is 13.6. The second-order valence-electron chi connectivity index (χ2n) is 5.02. The number of carbonyl (C=O) groups is 1. The molecule has 0 bridgehead atoms. The van der Waals surface area contributed by atoms with Gasteiger partial charge >= 0.3 is 29.6 Å². The average Bonchev–Trinajstić information content (AvgIpc) is 2.53. The second kappa shape index (κ2) is 10.4. The molecule has 1 atom stereocenters. The third kappa shape index (κ3) is 6.75. The molecule has 0 saturated carbocycles. The molecule has 5 heteroatoms. The SMILES string of the molecule is CCOc1cccc(CNC(Cc2ccccc2)C(=O)[O-])c1.[Na+]. The van der Waals surface area contributed by atoms with Crippen molar-refractivity contribution in [2.45, 2.75) is 25.9 Å². The summed E-state index contributed by atoms with van der Waals surface area (Å²) in [7, 11) is 0. The number of carbonyl (C=O) groups excluding carboxylic acids is 1. The van der Waals surface area contributed by atoms with Gasteiger partial charge in [-0.15, -0.1) is 0 Å². The molecule has 116 valence electrons. The molecule has 23 heavy (non-hydrogen) atoms. The zero-order chi connectivity index (χ0) is 15.8. The monoisotopic (exact) mass is 321 g/mol. The first-order valence-electron chi connectivity index (χ1n) is 7.39. The molecular weight excluding hydrogens is 301 g/mol. The molecule has 2 aromatic rings. The molecule has 0 spiro atoms. The van der Waals surface area contributed by atoms with Gasteiger partial charge in [-0.1, -0.05) is 42.5 Å². The van der Waals surface area contributed by atoms with Gasteiger partial charge in [-0.2, -0.15) is 0 Å². The van der Waals surface area contributed by atoms with E-state index >= 15 is 0 Å². The van der Waals surface area contributed by atoms with Crippen molar-refractivity contribution < 1.29 is 44.2 Å². The van der Waals surface area contributed by atoms with Crippen LogP contribution in [-0.4, -0.2) is 18.6 Å². The van der Waals surface area contributed by atoms with Gasteiger partial charge in [0, 0.05) is 6.54 Å². The van der Waals surface area contributed by atoms with Gasteiger partial charge in [0.25, 0.3) is 0 Å². The van der Waals surface area contributed by atoms with Crippen LogP contribution < -0.4 is 44.7 Å². The predicted molar refractivity (Wildman–Crippen MR) is 83.4 cm³/mol. The Labute approximate surface area is 159 Å². The van der Waals surface area contributed by atoms with Gasteiger partial charge in [-0.3, -0.25) is 0 Å². The Morgan fingerprint density at radius 1 is 1.13 bits per heavy atom. The molecule has 0 amide bonds. The third-order valence-electron chi connectivity index (χ3n) is 3.33. The Morgan fingerprint density at radius 2 is 1.83 bits per heavy atom. The van der Waals surface area contributed by atoms with Crippen molar-refractivity contribution in [3.8, 4) is 5.75 Å². The minimum Gasteiger partial charge on any atom is -0.548 e. The number of ether oxygens (including phenoxy) is 1. The van der Waals surface area contributed by atoms with Crippen LogP contribution in [0.15, 0.2) is 54.6 Å². The van der Waals surface area contributed by atoms with E-state index in [1.807, 2.05) is 61.5 Å². The van der Waals surface area contributed by atoms with Crippen LogP contribution in [0.25, 0.3) is 0 Å². The molecule has 2 aromatic carbocycles. The van der Waals surface area contributed by atoms with E-state index in [1.54, 1.807) is 0 Å². The van der Waals surface area contributed by atoms with E-state index in [1.165, 1.54) is 0 Å². The fraction of sp³-hybridized carbons (Fsp3) is 0.278. The molecule has 0 radical (unpaired) electrons. The van der Waals surface area contributed by atoms with Crippen molar-refractivity contribution >= 4 is 5.97 Å². The molecule has 0 fully saturated rings. The maximum Gasteiger partial charge on any atom is 1.00 e. The number of hydrogen-bond donors (Lipinski definition) is 1. The Morgan fingerprint density at radius 3 is 2.48 bits per heavy atom. The zero-order valence-corrected chi connectivity index (χ0v) is 15.6. The summed E-state index contributed by atoms with van der Waals surface area (Å²) in [5.41, 5.74) is 1.94. The summed E-state index contributed by atoms with van der Waals surface area (Å²) in [5, 5.41) is 14.3. The molecule has 1 unspecified atom stereocenters. The van der Waals surface area contributed by atoms with Crippen molar-refractivity contribution in [1.82, 2.24) is 5.32 Å². The minimum absolute atomic E-state index is 0. The van der Waals surface area contributed by atoms with Crippen LogP contribution in [0.3, 0.4) is 0 Å². The van der Waals surface area contributed by atoms with E-state index < -0.39 is 12.0 Å². The topological polar surface area (TPSA) is 61.4 Å². The van der Waals surface area contributed by atoms with Gasteiger partial charge in [0.15, 0.2) is 0 Å². The molecule has 0 aliphatic carbocycles. The van der Waals surface area contributed by atoms with Crippen molar-refractivity contribution in [3.63, 3.8) is 0 Å². The smallest absolute Gasteiger partial charge is 0.548 e. The van der Waals surface area contributed by atoms with Gasteiger partial charge in [-0.25, -0.2) is 0 Å². The second-order valence-corrected chi connectivity index (χ2v) is 5.02. The van der Waals surface area contributed by atoms with E-state index in [9.17, 15) is 9.90 Å². The quantitative estimate of drug-likeness (QED) is 0.604. The number of aliphatic carboxylic acids is 1. The van der Waals surface area contributed by atoms with Crippen molar-refractivity contribution in [2.75, 3.05) is 6.61 Å². The van der Waals surface area contributed by atoms with Crippen LogP contribution in [0, 0.1) is 0 Å². The van der Waals surface area contributed by atoms with Gasteiger partial charge in [-0.05, 0) is 36.6 Å². The van der Waals surface area contributed by atoms with Crippen molar-refractivity contribution in [3.05, 3.63) is 65.7 Å². The van der Waals surface area contributed by atoms with E-state index in [2.05, 4.69) is 5.32 Å². The first-order chi connectivity index (χ1) is 10.7. The molecule has 0 aliphatic heterocycles. The molecule has 0 aliphatic rings. The summed E-state index contributed by atoms with van der Waals surface area (Å²) in [5.74, 6) is -0.306. The maximum absolute atomic E-state index is 11.3. The van der Waals surface area contributed by atoms with Crippen LogP contribution in [0.5, 0.6) is 5.75 Å². The van der Waals surface area contributed by atoms with Crippen LogP contribution in [0.1, 0.15) is 18.1 Å². The summed E-state index contributed by atoms with van der Waals surface area (Å²) in [6.45, 7) is 2.98. The number of carboxylic acid groups (broad SMARTS) is 1. The minimum atomic E-state index is -1.09. The predicted octanol–water partition coefficient (Wildman–Crippen LogP) is -1.46. The summed E-state index contributed by atoms with van der Waals surface area (Å²) < 4.78 is 5.44. The van der Waals surface area contributed by atoms with Gasteiger partial charge in [0.1, 0.15) is 5.75 Å². The number of hydrogen-bond acceptors (Lipinski definition) is 4. The summed E-state index contributed by atoms with van der Waals surface area (Å²) >= 11 is 0. The first kappa shape index (κ1) is 19.7. The maximum atomic E-state index is 11.3. The summed E-state index contributed by atoms with van der Waals surface area (Å²) in [4.78, 5) is 11.3. The summed E-state index contributed by atoms with van der Waals surface area (Å²) in [6, 6.07) is 16.4. The van der Waals surface area contributed by atoms with Crippen LogP contribution in [0.2, 0.25) is 0 Å². The number of carboxylic acids is 1. The molecule has 0 aromatic heterocycles. The van der Waals surface area contributed by atoms with Crippen LogP contribution in [0.4, 0.5) is 0 Å². The standard InChI is InChI=1S/C18H21NO3.Na/c1-2-22-16-10-6-9-15(11-16)13-19-17(18(20)21)12-14-7-4-3-5-8-14;/h3-11,17,19H,2,12-13H2,1H3,(H,20,21);/q;+1/p-1. The fourth-order valence-corrected chi connectivity index (χ4v) is 2.24. The van der Waals surface area contributed by atoms with Gasteiger partial charge < -0.3 is 20.0 Å². The Balaban J connectivity index is 0.00000264. The summed E-state index contributed by atoms with van der Waals surface area (Å²) in [6.07, 6.45) is 0.397. The Bertz CT molecular complexity index is 604. The average molecular weight is 321 g/mol. The van der Waals surface area contributed by atoms with E-state index in [-0.39, 0.29) is 29.6 Å². The fourth-order valence-electron chi connectivity index (χ4n) is 2.24. The third-order valence-corrected chi connectivity index (χ3v) is 3.33. The van der Waals surface area contributed by atoms with Gasteiger partial charge in [0.05, 0.1) is 18.6 Å². The number of benzene rings is 2. The Hall–Kier alpha value is -1.33. The van der Waals surface area contributed by atoms with E-state index in [4.69, 9.17) is 4.74 Å². The van der Waals surface area contributed by atoms with Gasteiger partial charge in [0.2, 0.25) is 0 Å². The molecular formula is C18H20NNaO3. The molecule has 4 nitrogen and oxygen atoms in total. The van der Waals surface area contributed by atoms with Crippen molar-refractivity contribution in [2.24, 2.45) is 0 Å². The molecule has 0 saturated heterocycles. The van der Waals surface area contributed by atoms with E-state index in [0.29, 0.717) is 19.6 Å². The molecule has 2 rings (SSSR count). The normalized spacial score (nSPS) is 11.3. The van der Waals surface area contributed by atoms with Crippen LogP contribution in [-0.2, 0) is 17.8 Å². The van der Waals surface area contributed by atoms with E-state index in [0.717, 1.165) is 16.9 Å². The molecule has 1 N–H and O–H groups in total. The molecule has 0 heterocycles. The van der Waals surface area contributed by atoms with Crippen molar-refractivity contribution in [1.29, 1.82) is 0 Å². The van der Waals surface area contributed by atoms with Crippen LogP contribution >= 0.6 is 0 Å². The first-order valence-corrected chi connectivity index (χ1v) is 7.39. The number of rotatable bonds is 8.